The molecule has 0 atom stereocenters. The van der Waals surface area contributed by atoms with E-state index in [0.717, 1.165) is 33.4 Å². The number of nitrogens with zero attached hydrogens (tertiary/aromatic N) is 2. The quantitative estimate of drug-likeness (QED) is 0.381. The van der Waals surface area contributed by atoms with Gasteiger partial charge in [-0.05, 0) is 57.7 Å². The first-order valence-electron chi connectivity index (χ1n) is 9.66. The Morgan fingerprint density at radius 3 is 1.17 bits per heavy atom. The van der Waals surface area contributed by atoms with Gasteiger partial charge in [0, 0.05) is 0 Å². The highest BCUT2D eigenvalue weighted by atomic mass is 14.3. The van der Waals surface area contributed by atoms with Crippen LogP contribution < -0.4 is 0 Å². The van der Waals surface area contributed by atoms with Gasteiger partial charge in [0.25, 0.3) is 0 Å². The summed E-state index contributed by atoms with van der Waals surface area (Å²) < 4.78 is 0. The zero-order valence-corrected chi connectivity index (χ0v) is 16.3. The lowest BCUT2D eigenvalue weighted by atomic mass is 9.85. The minimum absolute atomic E-state index is 0.610. The van der Waals surface area contributed by atoms with E-state index in [-0.39, 0.29) is 0 Å². The number of hydrogen-bond donors (Lipinski definition) is 0. The van der Waals surface area contributed by atoms with Gasteiger partial charge in [-0.3, -0.25) is 0 Å². The fraction of sp³-hybridized carbons (Fsp3) is 0. The van der Waals surface area contributed by atoms with Crippen LogP contribution in [0.3, 0.4) is 0 Å². The molecule has 4 aromatic carbocycles. The smallest absolute Gasteiger partial charge is 0.0991 e. The molecule has 0 amide bonds. The van der Waals surface area contributed by atoms with Gasteiger partial charge in [-0.2, -0.15) is 10.5 Å². The van der Waals surface area contributed by atoms with E-state index in [2.05, 4.69) is 36.4 Å². The molecule has 0 saturated carbocycles. The monoisotopic (exact) mass is 382 g/mol. The van der Waals surface area contributed by atoms with Gasteiger partial charge >= 0.3 is 0 Å². The minimum Gasteiger partial charge on any atom is -0.192 e. The van der Waals surface area contributed by atoms with Crippen molar-refractivity contribution >= 4 is 11.1 Å². The van der Waals surface area contributed by atoms with Crippen LogP contribution in [-0.2, 0) is 0 Å². The maximum Gasteiger partial charge on any atom is 0.0991 e. The van der Waals surface area contributed by atoms with Crippen molar-refractivity contribution < 1.29 is 0 Å². The molecule has 0 aliphatic heterocycles. The number of hydrogen-bond acceptors (Lipinski definition) is 2. The summed E-state index contributed by atoms with van der Waals surface area (Å²) >= 11 is 0. The molecule has 4 aromatic rings. The molecular weight excluding hydrogens is 364 g/mol. The summed E-state index contributed by atoms with van der Waals surface area (Å²) in [7, 11) is 0. The predicted octanol–water partition coefficient (Wildman–Crippen LogP) is 6.44. The third-order valence-corrected chi connectivity index (χ3v) is 4.94. The molecular formula is C28H18N2. The maximum atomic E-state index is 9.45. The largest absolute Gasteiger partial charge is 0.192 e. The van der Waals surface area contributed by atoms with Gasteiger partial charge in [-0.1, -0.05) is 84.9 Å². The van der Waals surface area contributed by atoms with Crippen molar-refractivity contribution in [1.82, 2.24) is 0 Å². The standard InChI is InChI=1S/C28H18N2/c29-19-21-9-7-15-25(17-21)27(23-11-3-1-4-12-23)28(24-13-5-2-6-14-24)26-16-8-10-22(18-26)20-30/h1-18H/b28-27-. The van der Waals surface area contributed by atoms with Crippen LogP contribution in [0.5, 0.6) is 0 Å². The highest BCUT2D eigenvalue weighted by Crippen LogP contribution is 2.37. The third kappa shape index (κ3) is 3.90. The molecule has 0 aliphatic rings. The van der Waals surface area contributed by atoms with Crippen LogP contribution in [0, 0.1) is 22.7 Å². The Kier molecular flexibility index (Phi) is 5.52. The van der Waals surface area contributed by atoms with Crippen LogP contribution >= 0.6 is 0 Å². The van der Waals surface area contributed by atoms with Crippen LogP contribution in [0.25, 0.3) is 11.1 Å². The molecule has 0 spiro atoms. The van der Waals surface area contributed by atoms with E-state index in [1.165, 1.54) is 0 Å². The summed E-state index contributed by atoms with van der Waals surface area (Å²) in [5, 5.41) is 18.9. The van der Waals surface area contributed by atoms with Crippen LogP contribution in [0.15, 0.2) is 109 Å². The lowest BCUT2D eigenvalue weighted by Gasteiger charge is -2.18. The summed E-state index contributed by atoms with van der Waals surface area (Å²) in [6.45, 7) is 0. The normalized spacial score (nSPS) is 11.1. The first-order valence-corrected chi connectivity index (χ1v) is 9.66. The predicted molar refractivity (Wildman–Crippen MR) is 120 cm³/mol. The Balaban J connectivity index is 2.13. The molecule has 0 aromatic heterocycles. The van der Waals surface area contributed by atoms with E-state index in [9.17, 15) is 10.5 Å². The lowest BCUT2D eigenvalue weighted by molar-refractivity contribution is 1.45. The Morgan fingerprint density at radius 2 is 0.800 bits per heavy atom. The Bertz CT molecular complexity index is 1180. The first kappa shape index (κ1) is 18.9. The molecule has 4 rings (SSSR count). The Morgan fingerprint density at radius 1 is 0.433 bits per heavy atom. The second-order valence-electron chi connectivity index (χ2n) is 6.87. The molecule has 2 heteroatoms. The van der Waals surface area contributed by atoms with Crippen molar-refractivity contribution in [3.8, 4) is 12.1 Å². The molecule has 30 heavy (non-hydrogen) atoms. The minimum atomic E-state index is 0.610. The van der Waals surface area contributed by atoms with E-state index < -0.39 is 0 Å². The Hall–Kier alpha value is -4.40. The van der Waals surface area contributed by atoms with Gasteiger partial charge in [0.2, 0.25) is 0 Å². The van der Waals surface area contributed by atoms with E-state index in [0.29, 0.717) is 11.1 Å². The summed E-state index contributed by atoms with van der Waals surface area (Å²) in [5.41, 5.74) is 7.28. The molecule has 2 nitrogen and oxygen atoms in total. The van der Waals surface area contributed by atoms with E-state index in [4.69, 9.17) is 0 Å². The van der Waals surface area contributed by atoms with Gasteiger partial charge in [-0.25, -0.2) is 0 Å². The van der Waals surface area contributed by atoms with Gasteiger partial charge in [0.1, 0.15) is 0 Å². The van der Waals surface area contributed by atoms with E-state index >= 15 is 0 Å². The third-order valence-electron chi connectivity index (χ3n) is 4.94. The van der Waals surface area contributed by atoms with Crippen molar-refractivity contribution in [3.63, 3.8) is 0 Å². The van der Waals surface area contributed by atoms with Crippen molar-refractivity contribution in [2.24, 2.45) is 0 Å². The van der Waals surface area contributed by atoms with Crippen molar-refractivity contribution in [2.45, 2.75) is 0 Å². The summed E-state index contributed by atoms with van der Waals surface area (Å²) in [4.78, 5) is 0. The van der Waals surface area contributed by atoms with Crippen molar-refractivity contribution in [2.75, 3.05) is 0 Å². The summed E-state index contributed by atoms with van der Waals surface area (Å²) in [6, 6.07) is 40.1. The zero-order chi connectivity index (χ0) is 20.8. The molecule has 140 valence electrons. The van der Waals surface area contributed by atoms with Crippen molar-refractivity contribution in [1.29, 1.82) is 10.5 Å². The van der Waals surface area contributed by atoms with E-state index in [1.54, 1.807) is 0 Å². The fourth-order valence-electron chi connectivity index (χ4n) is 3.61. The second kappa shape index (κ2) is 8.74. The second-order valence-corrected chi connectivity index (χ2v) is 6.87. The summed E-state index contributed by atoms with van der Waals surface area (Å²) in [5.74, 6) is 0. The van der Waals surface area contributed by atoms with Crippen molar-refractivity contribution in [3.05, 3.63) is 143 Å². The fourth-order valence-corrected chi connectivity index (χ4v) is 3.61. The SMILES string of the molecule is N#Cc1cccc(/C(=C(/c2ccccc2)c2cccc(C#N)c2)c2ccccc2)c1. The molecule has 0 saturated heterocycles. The number of rotatable bonds is 4. The molecule has 0 aliphatic carbocycles. The van der Waals surface area contributed by atoms with Crippen LogP contribution in [0.4, 0.5) is 0 Å². The maximum absolute atomic E-state index is 9.45. The topological polar surface area (TPSA) is 47.6 Å². The highest BCUT2D eigenvalue weighted by Gasteiger charge is 2.16. The molecule has 0 unspecified atom stereocenters. The molecule has 0 N–H and O–H groups in total. The van der Waals surface area contributed by atoms with E-state index in [1.807, 2.05) is 84.9 Å². The molecule has 0 fully saturated rings. The molecule has 0 bridgehead atoms. The van der Waals surface area contributed by atoms with Crippen LogP contribution in [-0.4, -0.2) is 0 Å². The zero-order valence-electron chi connectivity index (χ0n) is 16.3. The van der Waals surface area contributed by atoms with Crippen LogP contribution in [0.1, 0.15) is 33.4 Å². The lowest BCUT2D eigenvalue weighted by Crippen LogP contribution is -1.98. The average Bonchev–Trinajstić information content (AvgIpc) is 2.83. The first-order chi connectivity index (χ1) is 14.8. The summed E-state index contributed by atoms with van der Waals surface area (Å²) in [6.07, 6.45) is 0. The van der Waals surface area contributed by atoms with Crippen LogP contribution in [0.2, 0.25) is 0 Å². The van der Waals surface area contributed by atoms with Gasteiger partial charge in [-0.15, -0.1) is 0 Å². The van der Waals surface area contributed by atoms with Gasteiger partial charge in [0.15, 0.2) is 0 Å². The highest BCUT2D eigenvalue weighted by molar-refractivity contribution is 6.04. The molecule has 0 radical (unpaired) electrons. The molecule has 0 heterocycles. The average molecular weight is 382 g/mol. The number of nitriles is 2. The van der Waals surface area contributed by atoms with Gasteiger partial charge in [0.05, 0.1) is 23.3 Å². The number of benzene rings is 4. The Labute approximate surface area is 176 Å². The van der Waals surface area contributed by atoms with Gasteiger partial charge < -0.3 is 0 Å².